The minimum atomic E-state index is -3.78. The first-order valence-electron chi connectivity index (χ1n) is 7.59. The summed E-state index contributed by atoms with van der Waals surface area (Å²) in [5.74, 6) is 0. The number of sulfonamides is 1. The molecule has 0 spiro atoms. The Bertz CT molecular complexity index is 801. The maximum atomic E-state index is 12.8. The summed E-state index contributed by atoms with van der Waals surface area (Å²) in [6.45, 7) is 6.04. The molecule has 1 heterocycles. The lowest BCUT2D eigenvalue weighted by atomic mass is 10.0. The average Bonchev–Trinajstić information content (AvgIpc) is 2.42. The van der Waals surface area contributed by atoms with E-state index in [2.05, 4.69) is 10.0 Å². The molecule has 1 aliphatic heterocycles. The topological polar surface area (TPSA) is 92.3 Å². The van der Waals surface area contributed by atoms with Crippen molar-refractivity contribution in [3.63, 3.8) is 0 Å². The zero-order chi connectivity index (χ0) is 17.4. The number of aryl methyl sites for hydroxylation is 1. The van der Waals surface area contributed by atoms with Gasteiger partial charge in [0.25, 0.3) is 0 Å². The maximum absolute atomic E-state index is 12.8. The molecule has 1 aliphatic rings. The molecule has 1 fully saturated rings. The third-order valence-corrected chi connectivity index (χ3v) is 7.05. The predicted molar refractivity (Wildman–Crippen MR) is 89.8 cm³/mol. The van der Waals surface area contributed by atoms with E-state index in [0.29, 0.717) is 5.56 Å². The molecule has 2 atom stereocenters. The molecular weight excluding hydrogens is 336 g/mol. The maximum Gasteiger partial charge on any atom is 0.241 e. The van der Waals surface area contributed by atoms with Crippen molar-refractivity contribution in [1.82, 2.24) is 10.0 Å². The highest BCUT2D eigenvalue weighted by Gasteiger charge is 2.29. The molecule has 1 aromatic rings. The summed E-state index contributed by atoms with van der Waals surface area (Å²) in [6.07, 6.45) is 2.75. The monoisotopic (exact) mass is 360 g/mol. The highest BCUT2D eigenvalue weighted by molar-refractivity contribution is 7.91. The second-order valence-corrected chi connectivity index (χ2v) is 9.94. The Morgan fingerprint density at radius 2 is 1.74 bits per heavy atom. The molecule has 2 N–H and O–H groups in total. The first kappa shape index (κ1) is 18.4. The summed E-state index contributed by atoms with van der Waals surface area (Å²) in [4.78, 5) is 0.100. The number of nitrogens with one attached hydrogen (secondary N) is 2. The van der Waals surface area contributed by atoms with E-state index >= 15 is 0 Å². The van der Waals surface area contributed by atoms with Crippen LogP contribution in [-0.2, 0) is 19.9 Å². The van der Waals surface area contributed by atoms with Gasteiger partial charge in [-0.05, 0) is 63.4 Å². The van der Waals surface area contributed by atoms with Crippen molar-refractivity contribution < 1.29 is 16.8 Å². The van der Waals surface area contributed by atoms with Crippen molar-refractivity contribution in [2.75, 3.05) is 12.8 Å². The van der Waals surface area contributed by atoms with Crippen LogP contribution in [0, 0.1) is 13.8 Å². The molecule has 130 valence electrons. The van der Waals surface area contributed by atoms with Gasteiger partial charge >= 0.3 is 0 Å². The molecule has 0 bridgehead atoms. The molecule has 0 amide bonds. The van der Waals surface area contributed by atoms with Gasteiger partial charge in [-0.1, -0.05) is 0 Å². The largest absolute Gasteiger partial charge is 0.313 e. The van der Waals surface area contributed by atoms with Crippen LogP contribution in [-0.4, -0.2) is 41.7 Å². The van der Waals surface area contributed by atoms with Gasteiger partial charge in [0.15, 0.2) is 9.84 Å². The van der Waals surface area contributed by atoms with Crippen LogP contribution in [0.2, 0.25) is 0 Å². The van der Waals surface area contributed by atoms with E-state index in [4.69, 9.17) is 0 Å². The Morgan fingerprint density at radius 1 is 1.13 bits per heavy atom. The van der Waals surface area contributed by atoms with Crippen molar-refractivity contribution in [2.24, 2.45) is 0 Å². The molecular formula is C15H24N2O4S2. The number of hydrogen-bond donors (Lipinski definition) is 2. The predicted octanol–water partition coefficient (Wildman–Crippen LogP) is 1.13. The average molecular weight is 361 g/mol. The highest BCUT2D eigenvalue weighted by Crippen LogP contribution is 2.25. The van der Waals surface area contributed by atoms with Crippen LogP contribution in [0.1, 0.15) is 30.9 Å². The lowest BCUT2D eigenvalue weighted by Crippen LogP contribution is -2.51. The molecule has 0 radical (unpaired) electrons. The second kappa shape index (κ2) is 6.51. The Labute approximate surface area is 138 Å². The van der Waals surface area contributed by atoms with Crippen molar-refractivity contribution in [3.05, 3.63) is 23.3 Å². The summed E-state index contributed by atoms with van der Waals surface area (Å²) >= 11 is 0. The van der Waals surface area contributed by atoms with E-state index < -0.39 is 19.9 Å². The number of hydrogen-bond acceptors (Lipinski definition) is 5. The molecule has 1 saturated heterocycles. The van der Waals surface area contributed by atoms with Gasteiger partial charge in [0.1, 0.15) is 0 Å². The Morgan fingerprint density at radius 3 is 2.30 bits per heavy atom. The van der Waals surface area contributed by atoms with Gasteiger partial charge in [0.2, 0.25) is 10.0 Å². The fourth-order valence-electron chi connectivity index (χ4n) is 2.93. The number of benzene rings is 1. The highest BCUT2D eigenvalue weighted by atomic mass is 32.2. The van der Waals surface area contributed by atoms with Gasteiger partial charge in [-0.15, -0.1) is 0 Å². The summed E-state index contributed by atoms with van der Waals surface area (Å²) in [5, 5.41) is 3.24. The molecule has 0 aliphatic carbocycles. The summed E-state index contributed by atoms with van der Waals surface area (Å²) in [5.41, 5.74) is 0.869. The van der Waals surface area contributed by atoms with Crippen LogP contribution in [0.5, 0.6) is 0 Å². The van der Waals surface area contributed by atoms with E-state index in [0.717, 1.165) is 25.6 Å². The van der Waals surface area contributed by atoms with Crippen LogP contribution in [0.15, 0.2) is 21.9 Å². The van der Waals surface area contributed by atoms with E-state index in [9.17, 15) is 16.8 Å². The first-order valence-corrected chi connectivity index (χ1v) is 11.0. The minimum Gasteiger partial charge on any atom is -0.313 e. The molecule has 0 saturated carbocycles. The van der Waals surface area contributed by atoms with Gasteiger partial charge in [-0.25, -0.2) is 21.6 Å². The lowest BCUT2D eigenvalue weighted by molar-refractivity contribution is 0.348. The van der Waals surface area contributed by atoms with E-state index in [1.807, 2.05) is 6.92 Å². The van der Waals surface area contributed by atoms with Crippen molar-refractivity contribution >= 4 is 19.9 Å². The zero-order valence-corrected chi connectivity index (χ0v) is 15.5. The molecule has 23 heavy (non-hydrogen) atoms. The normalized spacial score (nSPS) is 23.0. The second-order valence-electron chi connectivity index (χ2n) is 6.27. The van der Waals surface area contributed by atoms with E-state index in [-0.39, 0.29) is 27.4 Å². The van der Waals surface area contributed by atoms with Crippen molar-refractivity contribution in [1.29, 1.82) is 0 Å². The van der Waals surface area contributed by atoms with E-state index in [1.165, 1.54) is 19.1 Å². The molecule has 6 nitrogen and oxygen atoms in total. The molecule has 2 unspecified atom stereocenters. The number of rotatable bonds is 4. The standard InChI is InChI=1S/C15H24N2O4S2/c1-10-8-14(22(4,18)19)11(2)15(9-10)23(20,21)17-13-6-5-7-16-12(13)3/h8-9,12-13,16-17H,5-7H2,1-4H3. The first-order chi connectivity index (χ1) is 10.5. The van der Waals surface area contributed by atoms with Gasteiger partial charge in [0, 0.05) is 18.3 Å². The van der Waals surface area contributed by atoms with Gasteiger partial charge in [-0.3, -0.25) is 0 Å². The van der Waals surface area contributed by atoms with Crippen molar-refractivity contribution in [2.45, 2.75) is 55.5 Å². The summed E-state index contributed by atoms with van der Waals surface area (Å²) in [7, 11) is -7.27. The fourth-order valence-corrected chi connectivity index (χ4v) is 5.76. The van der Waals surface area contributed by atoms with Crippen LogP contribution in [0.4, 0.5) is 0 Å². The third-order valence-electron chi connectivity index (χ3n) is 4.21. The summed E-state index contributed by atoms with van der Waals surface area (Å²) in [6, 6.07) is 2.87. The molecule has 2 rings (SSSR count). The molecule has 1 aromatic carbocycles. The van der Waals surface area contributed by atoms with Crippen LogP contribution >= 0.6 is 0 Å². The lowest BCUT2D eigenvalue weighted by Gasteiger charge is -2.30. The Hall–Kier alpha value is -0.960. The molecule has 0 aromatic heterocycles. The zero-order valence-electron chi connectivity index (χ0n) is 13.9. The smallest absolute Gasteiger partial charge is 0.241 e. The van der Waals surface area contributed by atoms with Gasteiger partial charge in [0.05, 0.1) is 9.79 Å². The Balaban J connectivity index is 2.46. The quantitative estimate of drug-likeness (QED) is 0.840. The number of sulfone groups is 1. The Kier molecular flexibility index (Phi) is 5.20. The molecule has 8 heteroatoms. The van der Waals surface area contributed by atoms with Crippen molar-refractivity contribution in [3.8, 4) is 0 Å². The minimum absolute atomic E-state index is 0.0377. The van der Waals surface area contributed by atoms with Crippen LogP contribution in [0.3, 0.4) is 0 Å². The van der Waals surface area contributed by atoms with Crippen LogP contribution in [0.25, 0.3) is 0 Å². The summed E-state index contributed by atoms with van der Waals surface area (Å²) < 4.78 is 52.1. The van der Waals surface area contributed by atoms with Crippen LogP contribution < -0.4 is 10.0 Å². The van der Waals surface area contributed by atoms with Gasteiger partial charge < -0.3 is 5.32 Å². The van der Waals surface area contributed by atoms with E-state index in [1.54, 1.807) is 6.92 Å². The van der Waals surface area contributed by atoms with Gasteiger partial charge in [-0.2, -0.15) is 0 Å². The number of piperidine rings is 1. The third kappa shape index (κ3) is 4.12. The fraction of sp³-hybridized carbons (Fsp3) is 0.600. The SMILES string of the molecule is Cc1cc(S(C)(=O)=O)c(C)c(S(=O)(=O)NC2CCCNC2C)c1.